The molecule has 0 radical (unpaired) electrons. The van der Waals surface area contributed by atoms with Crippen LogP contribution in [-0.2, 0) is 11.0 Å². The molecule has 0 fully saturated rings. The first-order chi connectivity index (χ1) is 19.0. The number of benzene rings is 2. The van der Waals surface area contributed by atoms with E-state index in [0.717, 1.165) is 0 Å². The van der Waals surface area contributed by atoms with Gasteiger partial charge in [0.2, 0.25) is 5.91 Å². The maximum atomic E-state index is 13.6. The molecule has 1 aromatic heterocycles. The standard InChI is InChI=1S/C26H22F6N4O5/c1-36(2)22-7-6-16(12-33-22)14-4-3-5-15(8-14)20(37)11-23(38)34-18-9-17(26(30,31)32)21(41-13-25(27,28)29)10-19(18)35-24(39)40/h3-10,12,35H,11,13H2,1-2H3,(H,34,38)(H,39,40)/p-1. The summed E-state index contributed by atoms with van der Waals surface area (Å²) in [5.74, 6) is -2.51. The molecule has 3 rings (SSSR count). The zero-order chi connectivity index (χ0) is 30.5. The van der Waals surface area contributed by atoms with E-state index in [1.54, 1.807) is 40.7 Å². The quantitative estimate of drug-likeness (QED) is 0.212. The van der Waals surface area contributed by atoms with E-state index >= 15 is 0 Å². The Hall–Kier alpha value is -4.82. The zero-order valence-corrected chi connectivity index (χ0v) is 21.3. The number of hydrogen-bond acceptors (Lipinski definition) is 7. The Bertz CT molecular complexity index is 1440. The van der Waals surface area contributed by atoms with Gasteiger partial charge in [-0.1, -0.05) is 18.2 Å². The van der Waals surface area contributed by atoms with Gasteiger partial charge in [0.15, 0.2) is 12.4 Å². The molecular formula is C26H21F6N4O5-. The van der Waals surface area contributed by atoms with Crippen molar-refractivity contribution in [2.45, 2.75) is 18.8 Å². The lowest BCUT2D eigenvalue weighted by Gasteiger charge is -2.20. The van der Waals surface area contributed by atoms with Crippen LogP contribution in [0, 0.1) is 0 Å². The van der Waals surface area contributed by atoms with Crippen molar-refractivity contribution in [1.82, 2.24) is 4.98 Å². The summed E-state index contributed by atoms with van der Waals surface area (Å²) >= 11 is 0. The molecule has 218 valence electrons. The lowest BCUT2D eigenvalue weighted by molar-refractivity contribution is -0.242. The van der Waals surface area contributed by atoms with Gasteiger partial charge in [-0.15, -0.1) is 0 Å². The van der Waals surface area contributed by atoms with Crippen LogP contribution >= 0.6 is 0 Å². The minimum atomic E-state index is -5.25. The highest BCUT2D eigenvalue weighted by Gasteiger charge is 2.37. The first kappa shape index (κ1) is 30.7. The number of alkyl halides is 6. The predicted octanol–water partition coefficient (Wildman–Crippen LogP) is 4.74. The fourth-order valence-corrected chi connectivity index (χ4v) is 3.53. The van der Waals surface area contributed by atoms with Gasteiger partial charge in [-0.05, 0) is 29.8 Å². The van der Waals surface area contributed by atoms with Crippen molar-refractivity contribution in [3.63, 3.8) is 0 Å². The summed E-state index contributed by atoms with van der Waals surface area (Å²) in [6.45, 7) is -2.10. The summed E-state index contributed by atoms with van der Waals surface area (Å²) in [5, 5.41) is 14.6. The maximum Gasteiger partial charge on any atom is 0.422 e. The molecule has 0 saturated carbocycles. The van der Waals surface area contributed by atoms with Crippen LogP contribution in [0.2, 0.25) is 0 Å². The Balaban J connectivity index is 1.85. The van der Waals surface area contributed by atoms with E-state index in [-0.39, 0.29) is 11.6 Å². The molecule has 0 aliphatic carbocycles. The van der Waals surface area contributed by atoms with Crippen LogP contribution in [0.4, 0.5) is 48.3 Å². The Morgan fingerprint density at radius 1 is 0.927 bits per heavy atom. The molecule has 0 spiro atoms. The van der Waals surface area contributed by atoms with Gasteiger partial charge in [-0.25, -0.2) is 4.98 Å². The third-order valence-electron chi connectivity index (χ3n) is 5.37. The van der Waals surface area contributed by atoms with Crippen LogP contribution in [0.5, 0.6) is 5.75 Å². The number of ketones is 1. The number of pyridine rings is 1. The number of aromatic nitrogens is 1. The second kappa shape index (κ2) is 12.1. The molecule has 9 nitrogen and oxygen atoms in total. The highest BCUT2D eigenvalue weighted by Crippen LogP contribution is 2.42. The van der Waals surface area contributed by atoms with Crippen molar-refractivity contribution in [2.75, 3.05) is 36.2 Å². The molecule has 0 aliphatic rings. The Morgan fingerprint density at radius 3 is 2.17 bits per heavy atom. The number of carbonyl (C=O) groups excluding carboxylic acids is 3. The maximum absolute atomic E-state index is 13.6. The number of hydrogen-bond donors (Lipinski definition) is 2. The fraction of sp³-hybridized carbons (Fsp3) is 0.231. The van der Waals surface area contributed by atoms with Gasteiger partial charge >= 0.3 is 12.4 Å². The molecular weight excluding hydrogens is 562 g/mol. The van der Waals surface area contributed by atoms with Gasteiger partial charge in [0.25, 0.3) is 0 Å². The molecule has 0 saturated heterocycles. The molecule has 1 heterocycles. The van der Waals surface area contributed by atoms with E-state index in [4.69, 9.17) is 0 Å². The van der Waals surface area contributed by atoms with Crippen molar-refractivity contribution < 1.29 is 50.6 Å². The highest BCUT2D eigenvalue weighted by molar-refractivity contribution is 6.12. The topological polar surface area (TPSA) is 124 Å². The summed E-state index contributed by atoms with van der Waals surface area (Å²) in [6.07, 6.45) is -11.6. The van der Waals surface area contributed by atoms with Crippen molar-refractivity contribution in [2.24, 2.45) is 0 Å². The number of ether oxygens (including phenoxy) is 1. The smallest absolute Gasteiger partial charge is 0.422 e. The largest absolute Gasteiger partial charge is 0.530 e. The molecule has 41 heavy (non-hydrogen) atoms. The number of halogens is 6. The number of carbonyl (C=O) groups is 3. The van der Waals surface area contributed by atoms with Gasteiger partial charge in [-0.3, -0.25) is 9.59 Å². The molecule has 15 heteroatoms. The predicted molar refractivity (Wildman–Crippen MR) is 134 cm³/mol. The Labute approximate surface area is 228 Å². The minimum Gasteiger partial charge on any atom is -0.530 e. The summed E-state index contributed by atoms with van der Waals surface area (Å²) in [7, 11) is 3.62. The number of nitrogens with one attached hydrogen (secondary N) is 2. The fourth-order valence-electron chi connectivity index (χ4n) is 3.53. The molecule has 0 aliphatic heterocycles. The number of rotatable bonds is 9. The summed E-state index contributed by atoms with van der Waals surface area (Å²) in [5.41, 5.74) is -1.94. The normalized spacial score (nSPS) is 11.5. The van der Waals surface area contributed by atoms with Crippen LogP contribution in [0.25, 0.3) is 11.1 Å². The van der Waals surface area contributed by atoms with Gasteiger partial charge in [0.05, 0.1) is 23.4 Å². The van der Waals surface area contributed by atoms with E-state index in [1.165, 1.54) is 12.1 Å². The van der Waals surface area contributed by atoms with Gasteiger partial charge in [0.1, 0.15) is 17.7 Å². The summed E-state index contributed by atoms with van der Waals surface area (Å²) in [4.78, 5) is 42.5. The average molecular weight is 583 g/mol. The van der Waals surface area contributed by atoms with Crippen LogP contribution < -0.4 is 25.4 Å². The zero-order valence-electron chi connectivity index (χ0n) is 21.3. The Kier molecular flexibility index (Phi) is 9.10. The first-order valence-corrected chi connectivity index (χ1v) is 11.5. The van der Waals surface area contributed by atoms with E-state index in [0.29, 0.717) is 23.0 Å². The molecule has 0 atom stereocenters. The third-order valence-corrected chi connectivity index (χ3v) is 5.37. The van der Waals surface area contributed by atoms with Crippen molar-refractivity contribution in [3.05, 3.63) is 65.9 Å². The Morgan fingerprint density at radius 2 is 1.61 bits per heavy atom. The number of nitrogens with zero attached hydrogens (tertiary/aromatic N) is 2. The van der Waals surface area contributed by atoms with Crippen LogP contribution in [0.15, 0.2) is 54.7 Å². The second-order valence-electron chi connectivity index (χ2n) is 8.74. The van der Waals surface area contributed by atoms with Crippen LogP contribution in [-0.4, -0.2) is 49.6 Å². The molecule has 2 amide bonds. The van der Waals surface area contributed by atoms with Crippen molar-refractivity contribution >= 4 is 35.0 Å². The van der Waals surface area contributed by atoms with Crippen LogP contribution in [0.1, 0.15) is 22.3 Å². The lowest BCUT2D eigenvalue weighted by atomic mass is 10.0. The summed E-state index contributed by atoms with van der Waals surface area (Å²) < 4.78 is 82.5. The van der Waals surface area contributed by atoms with Crippen LogP contribution in [0.3, 0.4) is 0 Å². The van der Waals surface area contributed by atoms with E-state index in [1.807, 2.05) is 19.4 Å². The van der Waals surface area contributed by atoms with Gasteiger partial charge in [-0.2, -0.15) is 26.3 Å². The number of Topliss-reactive ketones (excluding diaryl/α,β-unsaturated/α-hetero) is 1. The molecule has 0 unspecified atom stereocenters. The average Bonchev–Trinajstić information content (AvgIpc) is 2.87. The monoisotopic (exact) mass is 583 g/mol. The minimum absolute atomic E-state index is 0.0919. The number of carboxylic acid groups (broad SMARTS) is 1. The second-order valence-corrected chi connectivity index (χ2v) is 8.74. The SMILES string of the molecule is CN(C)c1ccc(-c2cccc(C(=O)CC(=O)Nc3cc(C(F)(F)F)c(OCC(F)(F)F)cc3NC(=O)[O-])c2)cn1. The molecule has 0 bridgehead atoms. The van der Waals surface area contributed by atoms with Crippen molar-refractivity contribution in [3.8, 4) is 16.9 Å². The van der Waals surface area contributed by atoms with E-state index in [2.05, 4.69) is 9.72 Å². The van der Waals surface area contributed by atoms with Gasteiger partial charge in [0, 0.05) is 37.5 Å². The molecule has 3 aromatic rings. The number of amides is 2. The first-order valence-electron chi connectivity index (χ1n) is 11.5. The summed E-state index contributed by atoms with van der Waals surface area (Å²) in [6, 6.07) is 10.2. The number of anilines is 3. The van der Waals surface area contributed by atoms with Crippen molar-refractivity contribution in [1.29, 1.82) is 0 Å². The molecule has 2 N–H and O–H groups in total. The van der Waals surface area contributed by atoms with Gasteiger partial charge < -0.3 is 30.2 Å². The lowest BCUT2D eigenvalue weighted by Crippen LogP contribution is -2.30. The van der Waals surface area contributed by atoms with E-state index in [9.17, 15) is 45.8 Å². The molecule has 2 aromatic carbocycles. The highest BCUT2D eigenvalue weighted by atomic mass is 19.4. The van der Waals surface area contributed by atoms with E-state index < -0.39 is 65.9 Å². The third kappa shape index (κ3) is 8.58.